The van der Waals surface area contributed by atoms with E-state index in [4.69, 9.17) is 24.4 Å². The van der Waals surface area contributed by atoms with Crippen LogP contribution in [0, 0.1) is 12.3 Å². The van der Waals surface area contributed by atoms with Gasteiger partial charge in [0.1, 0.15) is 0 Å². The van der Waals surface area contributed by atoms with Crippen molar-refractivity contribution in [2.24, 2.45) is 5.41 Å². The van der Waals surface area contributed by atoms with Crippen LogP contribution in [0.4, 0.5) is 11.8 Å². The van der Waals surface area contributed by atoms with E-state index < -0.39 is 0 Å². The molecule has 4 aromatic rings. The zero-order chi connectivity index (χ0) is 30.3. The molecule has 4 heterocycles. The second kappa shape index (κ2) is 11.4. The Kier molecular flexibility index (Phi) is 7.62. The molecule has 1 N–H and O–H groups in total. The number of nitrogens with zero attached hydrogens (tertiary/aromatic N) is 6. The van der Waals surface area contributed by atoms with Gasteiger partial charge in [0, 0.05) is 38.1 Å². The summed E-state index contributed by atoms with van der Waals surface area (Å²) in [5.41, 5.74) is 4.87. The molecule has 1 saturated heterocycles. The van der Waals surface area contributed by atoms with E-state index in [0.717, 1.165) is 28.2 Å². The molecule has 2 atom stereocenters. The average molecular weight is 584 g/mol. The Balaban J connectivity index is 1.32. The Labute approximate surface area is 253 Å². The summed E-state index contributed by atoms with van der Waals surface area (Å²) in [6.07, 6.45) is 2.37. The lowest BCUT2D eigenvalue weighted by molar-refractivity contribution is -0.136. The third-order valence-corrected chi connectivity index (χ3v) is 8.03. The van der Waals surface area contributed by atoms with E-state index in [0.29, 0.717) is 44.4 Å². The maximum Gasteiger partial charge on any atom is 0.231 e. The fourth-order valence-electron chi connectivity index (χ4n) is 5.85. The van der Waals surface area contributed by atoms with Crippen molar-refractivity contribution in [3.8, 4) is 11.5 Å². The molecule has 2 aromatic heterocycles. The number of anilines is 2. The predicted octanol–water partition coefficient (Wildman–Crippen LogP) is 5.39. The highest BCUT2D eigenvalue weighted by molar-refractivity contribution is 5.84. The van der Waals surface area contributed by atoms with Gasteiger partial charge in [0.2, 0.25) is 18.6 Å². The Hall–Kier alpha value is -4.34. The van der Waals surface area contributed by atoms with Gasteiger partial charge in [-0.2, -0.15) is 9.97 Å². The first-order chi connectivity index (χ1) is 20.5. The number of piperazine rings is 1. The second-order valence-corrected chi connectivity index (χ2v) is 13.1. The van der Waals surface area contributed by atoms with Crippen LogP contribution in [0.5, 0.6) is 11.5 Å². The van der Waals surface area contributed by atoms with Gasteiger partial charge in [0.25, 0.3) is 0 Å². The van der Waals surface area contributed by atoms with Crippen molar-refractivity contribution in [3.63, 3.8) is 0 Å². The monoisotopic (exact) mass is 583 g/mol. The highest BCUT2D eigenvalue weighted by atomic mass is 16.7. The Bertz CT molecular complexity index is 1640. The van der Waals surface area contributed by atoms with Crippen LogP contribution < -0.4 is 19.7 Å². The van der Waals surface area contributed by atoms with Gasteiger partial charge in [-0.05, 0) is 49.4 Å². The molecule has 0 saturated carbocycles. The number of fused-ring (bicyclic) bond motifs is 2. The standard InChI is InChI=1S/C33H41N7O3/c1-21-8-7-9-25(12-21)18-38-19-35-29-30(34-15-24-10-11-26-27(13-24)43-20-42-26)36-32(37-31(29)38)40-17-22(2)39(16-23(40)3)28(41)14-33(4,5)6/h7-13,19,22-23H,14-18,20H2,1-6H3,(H,34,36,37). The molecule has 0 radical (unpaired) electrons. The maximum absolute atomic E-state index is 13.2. The molecular weight excluding hydrogens is 542 g/mol. The van der Waals surface area contributed by atoms with E-state index >= 15 is 0 Å². The molecule has 10 heteroatoms. The number of benzene rings is 2. The number of hydrogen-bond acceptors (Lipinski definition) is 8. The summed E-state index contributed by atoms with van der Waals surface area (Å²) in [5.74, 6) is 3.01. The quantitative estimate of drug-likeness (QED) is 0.310. The number of aryl methyl sites for hydroxylation is 1. The van der Waals surface area contributed by atoms with Crippen LogP contribution in [-0.2, 0) is 17.9 Å². The molecule has 0 spiro atoms. The number of nitrogens with one attached hydrogen (secondary N) is 1. The minimum absolute atomic E-state index is 0.0348. The van der Waals surface area contributed by atoms with Gasteiger partial charge in [-0.25, -0.2) is 4.98 Å². The van der Waals surface area contributed by atoms with E-state index in [2.05, 4.69) is 80.6 Å². The van der Waals surface area contributed by atoms with Crippen molar-refractivity contribution < 1.29 is 14.3 Å². The molecule has 1 fully saturated rings. The number of amides is 1. The van der Waals surface area contributed by atoms with Gasteiger partial charge in [0.15, 0.2) is 28.5 Å². The van der Waals surface area contributed by atoms with E-state index in [9.17, 15) is 4.79 Å². The van der Waals surface area contributed by atoms with Crippen molar-refractivity contribution in [2.75, 3.05) is 30.1 Å². The average Bonchev–Trinajstić information content (AvgIpc) is 3.58. The summed E-state index contributed by atoms with van der Waals surface area (Å²) in [7, 11) is 0. The summed E-state index contributed by atoms with van der Waals surface area (Å²) >= 11 is 0. The van der Waals surface area contributed by atoms with E-state index in [1.165, 1.54) is 11.1 Å². The first kappa shape index (κ1) is 28.8. The van der Waals surface area contributed by atoms with Gasteiger partial charge in [-0.3, -0.25) is 4.79 Å². The van der Waals surface area contributed by atoms with Gasteiger partial charge < -0.3 is 29.2 Å². The maximum atomic E-state index is 13.2. The van der Waals surface area contributed by atoms with Gasteiger partial charge in [0.05, 0.1) is 12.9 Å². The number of rotatable bonds is 7. The first-order valence-electron chi connectivity index (χ1n) is 15.0. The molecule has 0 aliphatic carbocycles. The number of carbonyl (C=O) groups excluding carboxylic acids is 1. The van der Waals surface area contributed by atoms with Crippen molar-refractivity contribution in [2.45, 2.75) is 73.1 Å². The van der Waals surface area contributed by atoms with E-state index in [1.807, 2.05) is 29.4 Å². The number of carbonyl (C=O) groups is 1. The molecule has 2 aliphatic rings. The summed E-state index contributed by atoms with van der Waals surface area (Å²) in [6, 6.07) is 14.5. The Morgan fingerprint density at radius 1 is 1.00 bits per heavy atom. The number of imidazole rings is 1. The Morgan fingerprint density at radius 3 is 2.60 bits per heavy atom. The molecular formula is C33H41N7O3. The summed E-state index contributed by atoms with van der Waals surface area (Å²) < 4.78 is 13.1. The van der Waals surface area contributed by atoms with Crippen LogP contribution in [-0.4, -0.2) is 62.3 Å². The first-order valence-corrected chi connectivity index (χ1v) is 15.0. The number of hydrogen-bond donors (Lipinski definition) is 1. The normalized spacial score (nSPS) is 18.4. The van der Waals surface area contributed by atoms with Crippen molar-refractivity contribution in [1.29, 1.82) is 0 Å². The third kappa shape index (κ3) is 6.23. The zero-order valence-corrected chi connectivity index (χ0v) is 25.9. The highest BCUT2D eigenvalue weighted by Crippen LogP contribution is 2.33. The molecule has 226 valence electrons. The van der Waals surface area contributed by atoms with Crippen LogP contribution in [0.25, 0.3) is 11.2 Å². The van der Waals surface area contributed by atoms with Crippen molar-refractivity contribution in [1.82, 2.24) is 24.4 Å². The smallest absolute Gasteiger partial charge is 0.231 e. The second-order valence-electron chi connectivity index (χ2n) is 13.1. The molecule has 0 bridgehead atoms. The predicted molar refractivity (Wildman–Crippen MR) is 168 cm³/mol. The van der Waals surface area contributed by atoms with E-state index in [1.54, 1.807) is 0 Å². The molecule has 2 aromatic carbocycles. The minimum atomic E-state index is -0.0560. The molecule has 2 unspecified atom stereocenters. The van der Waals surface area contributed by atoms with Crippen LogP contribution in [0.3, 0.4) is 0 Å². The van der Waals surface area contributed by atoms with Crippen molar-refractivity contribution in [3.05, 3.63) is 65.5 Å². The fourth-order valence-corrected chi connectivity index (χ4v) is 5.85. The lowest BCUT2D eigenvalue weighted by atomic mass is 9.91. The molecule has 6 rings (SSSR count). The molecule has 2 aliphatic heterocycles. The number of aromatic nitrogens is 4. The summed E-state index contributed by atoms with van der Waals surface area (Å²) in [4.78, 5) is 32.3. The van der Waals surface area contributed by atoms with Gasteiger partial charge in [-0.1, -0.05) is 56.7 Å². The zero-order valence-electron chi connectivity index (χ0n) is 25.9. The number of ether oxygens (including phenoxy) is 2. The lowest BCUT2D eigenvalue weighted by Crippen LogP contribution is -2.59. The molecule has 1 amide bonds. The highest BCUT2D eigenvalue weighted by Gasteiger charge is 2.35. The van der Waals surface area contributed by atoms with Crippen molar-refractivity contribution >= 4 is 28.8 Å². The minimum Gasteiger partial charge on any atom is -0.454 e. The van der Waals surface area contributed by atoms with Crippen LogP contribution in [0.15, 0.2) is 48.8 Å². The fraction of sp³-hybridized carbons (Fsp3) is 0.455. The topological polar surface area (TPSA) is 97.6 Å². The third-order valence-electron chi connectivity index (χ3n) is 8.03. The van der Waals surface area contributed by atoms with Gasteiger partial charge >= 0.3 is 0 Å². The van der Waals surface area contributed by atoms with Crippen LogP contribution in [0.1, 0.15) is 57.7 Å². The van der Waals surface area contributed by atoms with Gasteiger partial charge in [-0.15, -0.1) is 0 Å². The molecule has 10 nitrogen and oxygen atoms in total. The largest absolute Gasteiger partial charge is 0.454 e. The van der Waals surface area contributed by atoms with E-state index in [-0.39, 0.29) is 30.2 Å². The summed E-state index contributed by atoms with van der Waals surface area (Å²) in [6.45, 7) is 15.4. The lowest BCUT2D eigenvalue weighted by Gasteiger charge is -2.44. The summed E-state index contributed by atoms with van der Waals surface area (Å²) in [5, 5.41) is 3.53. The Morgan fingerprint density at radius 2 is 1.81 bits per heavy atom. The SMILES string of the molecule is Cc1cccc(Cn2cnc3c(NCc4ccc5c(c4)OCO5)nc(N4CC(C)N(C(=O)CC(C)(C)C)CC4C)nc32)c1. The molecule has 43 heavy (non-hydrogen) atoms. The van der Waals surface area contributed by atoms with Crippen LogP contribution >= 0.6 is 0 Å². The van der Waals surface area contributed by atoms with Crippen LogP contribution in [0.2, 0.25) is 0 Å².